The molecule has 0 unspecified atom stereocenters. The van der Waals surface area contributed by atoms with Crippen molar-refractivity contribution in [2.24, 2.45) is 0 Å². The Morgan fingerprint density at radius 2 is 2.05 bits per heavy atom. The van der Waals surface area contributed by atoms with Gasteiger partial charge in [-0.05, 0) is 49.6 Å². The minimum absolute atomic E-state index is 0.552. The molecule has 22 heavy (non-hydrogen) atoms. The maximum atomic E-state index is 4.78. The molecule has 0 atom stereocenters. The molecule has 0 spiro atoms. The van der Waals surface area contributed by atoms with Crippen molar-refractivity contribution in [1.29, 1.82) is 0 Å². The van der Waals surface area contributed by atoms with E-state index >= 15 is 0 Å². The number of nitrogens with zero attached hydrogens (tertiary/aromatic N) is 5. The predicted molar refractivity (Wildman–Crippen MR) is 84.0 cm³/mol. The summed E-state index contributed by atoms with van der Waals surface area (Å²) in [6, 6.07) is 8.15. The molecule has 1 fully saturated rings. The summed E-state index contributed by atoms with van der Waals surface area (Å²) < 4.78 is 4.09. The van der Waals surface area contributed by atoms with E-state index in [1.165, 1.54) is 18.4 Å². The van der Waals surface area contributed by atoms with Gasteiger partial charge in [-0.1, -0.05) is 0 Å². The molecule has 4 rings (SSSR count). The Labute approximate surface area is 129 Å². The van der Waals surface area contributed by atoms with Crippen molar-refractivity contribution in [2.45, 2.75) is 38.6 Å². The molecular formula is C17H19N5. The van der Waals surface area contributed by atoms with Gasteiger partial charge < -0.3 is 4.57 Å². The van der Waals surface area contributed by atoms with Gasteiger partial charge >= 0.3 is 0 Å². The Morgan fingerprint density at radius 1 is 1.23 bits per heavy atom. The Morgan fingerprint density at radius 3 is 2.77 bits per heavy atom. The summed E-state index contributed by atoms with van der Waals surface area (Å²) in [5, 5.41) is 4.72. The van der Waals surface area contributed by atoms with E-state index in [0.29, 0.717) is 5.92 Å². The molecule has 0 aromatic carbocycles. The van der Waals surface area contributed by atoms with Crippen molar-refractivity contribution in [2.75, 3.05) is 0 Å². The third-order valence-corrected chi connectivity index (χ3v) is 4.01. The van der Waals surface area contributed by atoms with Crippen LogP contribution in [0.2, 0.25) is 0 Å². The van der Waals surface area contributed by atoms with Crippen LogP contribution in [0, 0.1) is 6.92 Å². The topological polar surface area (TPSA) is 48.5 Å². The summed E-state index contributed by atoms with van der Waals surface area (Å²) in [5.41, 5.74) is 1.19. The van der Waals surface area contributed by atoms with Crippen LogP contribution in [0.25, 0.3) is 5.82 Å². The Kier molecular flexibility index (Phi) is 3.25. The lowest BCUT2D eigenvalue weighted by Gasteiger charge is -2.06. The van der Waals surface area contributed by atoms with Crippen LogP contribution in [0.3, 0.4) is 0 Å². The van der Waals surface area contributed by atoms with E-state index < -0.39 is 0 Å². The Balaban J connectivity index is 1.66. The fourth-order valence-corrected chi connectivity index (χ4v) is 2.61. The van der Waals surface area contributed by atoms with Crippen LogP contribution in [-0.2, 0) is 13.0 Å². The summed E-state index contributed by atoms with van der Waals surface area (Å²) >= 11 is 0. The fraction of sp³-hybridized carbons (Fsp3) is 0.353. The average Bonchev–Trinajstić information content (AvgIpc) is 3.08. The first-order valence-electron chi connectivity index (χ1n) is 7.79. The third kappa shape index (κ3) is 2.66. The van der Waals surface area contributed by atoms with Crippen molar-refractivity contribution in [1.82, 2.24) is 24.3 Å². The minimum atomic E-state index is 0.552. The van der Waals surface area contributed by atoms with Crippen LogP contribution in [0.15, 0.2) is 42.9 Å². The number of pyridine rings is 1. The highest BCUT2D eigenvalue weighted by atomic mass is 15.4. The fourth-order valence-electron chi connectivity index (χ4n) is 2.61. The summed E-state index contributed by atoms with van der Waals surface area (Å²) in [6.07, 6.45) is 9.26. The molecule has 112 valence electrons. The van der Waals surface area contributed by atoms with E-state index in [0.717, 1.165) is 30.4 Å². The van der Waals surface area contributed by atoms with Gasteiger partial charge in [-0.2, -0.15) is 4.68 Å². The molecule has 0 N–H and O–H groups in total. The second kappa shape index (κ2) is 5.40. The number of hydrogen-bond donors (Lipinski definition) is 0. The van der Waals surface area contributed by atoms with Crippen LogP contribution < -0.4 is 0 Å². The van der Waals surface area contributed by atoms with Crippen molar-refractivity contribution in [3.63, 3.8) is 0 Å². The Hall–Kier alpha value is -2.43. The zero-order chi connectivity index (χ0) is 14.9. The normalized spacial score (nSPS) is 14.4. The van der Waals surface area contributed by atoms with Gasteiger partial charge in [0.1, 0.15) is 5.82 Å². The molecule has 3 aromatic heterocycles. The van der Waals surface area contributed by atoms with Crippen molar-refractivity contribution in [3.8, 4) is 5.82 Å². The second-order valence-corrected chi connectivity index (χ2v) is 5.93. The molecule has 0 amide bonds. The van der Waals surface area contributed by atoms with E-state index in [1.807, 2.05) is 29.1 Å². The number of hydrogen-bond acceptors (Lipinski definition) is 3. The molecule has 5 heteroatoms. The lowest BCUT2D eigenvalue weighted by Crippen LogP contribution is -2.08. The molecule has 0 aliphatic heterocycles. The van der Waals surface area contributed by atoms with Crippen LogP contribution in [0.1, 0.15) is 36.0 Å². The van der Waals surface area contributed by atoms with E-state index in [1.54, 1.807) is 0 Å². The standard InChI is InChI=1S/C17H19N5/c1-13-6-8-18-16(12-13)22-15(7-11-21-9-2-3-10-21)19-17(20-22)14-4-5-14/h2-3,6,8-10,12,14H,4-5,7,11H2,1H3. The van der Waals surface area contributed by atoms with Gasteiger partial charge in [-0.25, -0.2) is 9.97 Å². The van der Waals surface area contributed by atoms with Gasteiger partial charge in [-0.3, -0.25) is 0 Å². The summed E-state index contributed by atoms with van der Waals surface area (Å²) in [4.78, 5) is 9.24. The molecule has 1 saturated carbocycles. The maximum absolute atomic E-state index is 4.78. The molecule has 5 nitrogen and oxygen atoms in total. The first kappa shape index (κ1) is 13.2. The van der Waals surface area contributed by atoms with Crippen LogP contribution >= 0.6 is 0 Å². The van der Waals surface area contributed by atoms with Gasteiger partial charge in [0.15, 0.2) is 11.6 Å². The second-order valence-electron chi connectivity index (χ2n) is 5.93. The quantitative estimate of drug-likeness (QED) is 0.726. The SMILES string of the molecule is Cc1ccnc(-n2nc(C3CC3)nc2CCn2cccc2)c1. The lowest BCUT2D eigenvalue weighted by molar-refractivity contribution is 0.651. The molecule has 1 aliphatic carbocycles. The van der Waals surface area contributed by atoms with Crippen LogP contribution in [-0.4, -0.2) is 24.3 Å². The molecular weight excluding hydrogens is 274 g/mol. The van der Waals surface area contributed by atoms with Crippen LogP contribution in [0.4, 0.5) is 0 Å². The monoisotopic (exact) mass is 293 g/mol. The van der Waals surface area contributed by atoms with Crippen molar-refractivity contribution in [3.05, 3.63) is 60.1 Å². The van der Waals surface area contributed by atoms with Gasteiger partial charge in [0, 0.05) is 37.5 Å². The summed E-state index contributed by atoms with van der Waals surface area (Å²) in [6.45, 7) is 2.98. The van der Waals surface area contributed by atoms with Crippen LogP contribution in [0.5, 0.6) is 0 Å². The number of aromatic nitrogens is 5. The van der Waals surface area contributed by atoms with Gasteiger partial charge in [-0.15, -0.1) is 5.10 Å². The number of rotatable bonds is 5. The molecule has 1 aliphatic rings. The van der Waals surface area contributed by atoms with E-state index in [4.69, 9.17) is 10.1 Å². The van der Waals surface area contributed by atoms with Gasteiger partial charge in [0.05, 0.1) is 0 Å². The highest BCUT2D eigenvalue weighted by Gasteiger charge is 2.29. The molecule has 0 bridgehead atoms. The maximum Gasteiger partial charge on any atom is 0.155 e. The largest absolute Gasteiger partial charge is 0.354 e. The molecule has 0 saturated heterocycles. The lowest BCUT2D eigenvalue weighted by atomic mass is 10.3. The summed E-state index contributed by atoms with van der Waals surface area (Å²) in [5.74, 6) is 3.39. The van der Waals surface area contributed by atoms with Crippen molar-refractivity contribution >= 4 is 0 Å². The van der Waals surface area contributed by atoms with Gasteiger partial charge in [0.2, 0.25) is 0 Å². The first-order chi connectivity index (χ1) is 10.8. The number of aryl methyl sites for hydroxylation is 3. The molecule has 3 heterocycles. The Bertz CT molecular complexity index is 768. The zero-order valence-electron chi connectivity index (χ0n) is 12.7. The molecule has 0 radical (unpaired) electrons. The minimum Gasteiger partial charge on any atom is -0.354 e. The smallest absolute Gasteiger partial charge is 0.155 e. The zero-order valence-corrected chi connectivity index (χ0v) is 12.7. The van der Waals surface area contributed by atoms with E-state index in [-0.39, 0.29) is 0 Å². The van der Waals surface area contributed by atoms with Crippen molar-refractivity contribution < 1.29 is 0 Å². The highest BCUT2D eigenvalue weighted by molar-refractivity contribution is 5.27. The third-order valence-electron chi connectivity index (χ3n) is 4.01. The average molecular weight is 293 g/mol. The highest BCUT2D eigenvalue weighted by Crippen LogP contribution is 2.38. The predicted octanol–water partition coefficient (Wildman–Crippen LogP) is 2.89. The molecule has 3 aromatic rings. The summed E-state index contributed by atoms with van der Waals surface area (Å²) in [7, 11) is 0. The van der Waals surface area contributed by atoms with E-state index in [9.17, 15) is 0 Å². The van der Waals surface area contributed by atoms with E-state index in [2.05, 4.69) is 34.9 Å². The first-order valence-corrected chi connectivity index (χ1v) is 7.79. The van der Waals surface area contributed by atoms with Gasteiger partial charge in [0.25, 0.3) is 0 Å².